The van der Waals surface area contributed by atoms with Crippen molar-refractivity contribution >= 4 is 21.5 Å². The van der Waals surface area contributed by atoms with Crippen LogP contribution in [0.3, 0.4) is 0 Å². The predicted octanol–water partition coefficient (Wildman–Crippen LogP) is 5.79. The van der Waals surface area contributed by atoms with Crippen molar-refractivity contribution < 1.29 is 17.9 Å². The number of ether oxygens (including phenoxy) is 1. The topological polar surface area (TPSA) is 104 Å². The van der Waals surface area contributed by atoms with Gasteiger partial charge in [-0.25, -0.2) is 8.42 Å². The highest BCUT2D eigenvalue weighted by molar-refractivity contribution is 7.91. The number of esters is 1. The average molecular weight is 627 g/mol. The Kier molecular flexibility index (Phi) is 8.98. The van der Waals surface area contributed by atoms with Crippen molar-refractivity contribution in [1.29, 1.82) is 5.26 Å². The molecule has 0 amide bonds. The number of carbonyl (C=O) groups is 1. The van der Waals surface area contributed by atoms with Crippen LogP contribution in [0.15, 0.2) is 88.9 Å². The molecule has 0 N–H and O–H groups in total. The van der Waals surface area contributed by atoms with Crippen LogP contribution in [0.5, 0.6) is 0 Å². The van der Waals surface area contributed by atoms with Gasteiger partial charge in [0.25, 0.3) is 0 Å². The Bertz CT molecular complexity index is 1610. The highest BCUT2D eigenvalue weighted by atomic mass is 32.2. The number of piperidine rings is 1. The maximum absolute atomic E-state index is 12.9. The second-order valence-corrected chi connectivity index (χ2v) is 14.9. The first-order valence-electron chi connectivity index (χ1n) is 16.2. The van der Waals surface area contributed by atoms with Crippen LogP contribution in [0.2, 0.25) is 0 Å². The summed E-state index contributed by atoms with van der Waals surface area (Å²) < 4.78 is 32.1. The summed E-state index contributed by atoms with van der Waals surface area (Å²) in [6.07, 6.45) is 8.41. The van der Waals surface area contributed by atoms with Crippen molar-refractivity contribution in [2.45, 2.75) is 72.7 Å². The van der Waals surface area contributed by atoms with Crippen LogP contribution in [-0.4, -0.2) is 62.6 Å². The summed E-state index contributed by atoms with van der Waals surface area (Å²) in [6.45, 7) is 6.78. The Morgan fingerprint density at radius 1 is 0.956 bits per heavy atom. The van der Waals surface area contributed by atoms with E-state index in [4.69, 9.17) is 4.74 Å². The molecule has 0 spiro atoms. The monoisotopic (exact) mass is 626 g/mol. The number of benzene rings is 2. The van der Waals surface area contributed by atoms with Crippen LogP contribution in [0.25, 0.3) is 0 Å². The molecule has 2 saturated heterocycles. The molecule has 6 rings (SSSR count). The zero-order valence-electron chi connectivity index (χ0n) is 26.0. The van der Waals surface area contributed by atoms with Gasteiger partial charge in [0, 0.05) is 50.1 Å². The van der Waals surface area contributed by atoms with E-state index in [2.05, 4.69) is 20.9 Å². The summed E-state index contributed by atoms with van der Waals surface area (Å²) >= 11 is 0. The first kappa shape index (κ1) is 31.3. The summed E-state index contributed by atoms with van der Waals surface area (Å²) in [5.41, 5.74) is 0.407. The Balaban J connectivity index is 1.03. The Labute approximate surface area is 266 Å². The molecule has 1 aliphatic carbocycles. The van der Waals surface area contributed by atoms with Crippen LogP contribution in [0.1, 0.15) is 57.4 Å². The molecule has 3 aliphatic rings. The van der Waals surface area contributed by atoms with Crippen molar-refractivity contribution in [2.75, 3.05) is 37.6 Å². The third-order valence-electron chi connectivity index (χ3n) is 10.2. The minimum atomic E-state index is -3.55. The van der Waals surface area contributed by atoms with E-state index >= 15 is 0 Å². The first-order chi connectivity index (χ1) is 21.8. The van der Waals surface area contributed by atoms with E-state index in [1.54, 1.807) is 12.1 Å². The number of rotatable bonds is 10. The largest absolute Gasteiger partial charge is 0.457 e. The maximum Gasteiger partial charge on any atom is 0.306 e. The van der Waals surface area contributed by atoms with Gasteiger partial charge in [-0.3, -0.25) is 9.78 Å². The first-order valence-corrected chi connectivity index (χ1v) is 17.7. The molecule has 3 fully saturated rings. The Morgan fingerprint density at radius 3 is 2.27 bits per heavy atom. The summed E-state index contributed by atoms with van der Waals surface area (Å²) in [5, 5.41) is 10.6. The maximum atomic E-state index is 12.9. The number of anilines is 1. The second-order valence-electron chi connectivity index (χ2n) is 13.0. The van der Waals surface area contributed by atoms with Gasteiger partial charge in [0.2, 0.25) is 9.84 Å². The highest BCUT2D eigenvalue weighted by Gasteiger charge is 2.60. The van der Waals surface area contributed by atoms with E-state index in [0.717, 1.165) is 76.1 Å². The smallest absolute Gasteiger partial charge is 0.306 e. The zero-order chi connectivity index (χ0) is 31.5. The number of pyridine rings is 1. The Hall–Kier alpha value is -3.74. The van der Waals surface area contributed by atoms with E-state index in [1.807, 2.05) is 49.4 Å². The molecule has 1 aromatic heterocycles. The van der Waals surface area contributed by atoms with E-state index in [0.29, 0.717) is 24.7 Å². The summed E-state index contributed by atoms with van der Waals surface area (Å²) in [4.78, 5) is 22.0. The number of carbonyl (C=O) groups excluding carboxylic acids is 1. The van der Waals surface area contributed by atoms with Crippen LogP contribution in [0, 0.1) is 23.2 Å². The van der Waals surface area contributed by atoms with E-state index in [1.165, 1.54) is 24.5 Å². The normalized spacial score (nSPS) is 24.6. The van der Waals surface area contributed by atoms with E-state index in [9.17, 15) is 18.5 Å². The average Bonchev–Trinajstić information content (AvgIpc) is 3.42. The lowest BCUT2D eigenvalue weighted by molar-refractivity contribution is -0.166. The fraction of sp³-hybridized carbons (Fsp3) is 0.472. The van der Waals surface area contributed by atoms with Crippen molar-refractivity contribution in [3.05, 3.63) is 84.7 Å². The molecule has 3 heterocycles. The lowest BCUT2D eigenvalue weighted by atomic mass is 9.66. The summed E-state index contributed by atoms with van der Waals surface area (Å²) in [7, 11) is -3.55. The van der Waals surface area contributed by atoms with Gasteiger partial charge >= 0.3 is 5.97 Å². The molecule has 8 nitrogen and oxygen atoms in total. The minimum Gasteiger partial charge on any atom is -0.457 e. The summed E-state index contributed by atoms with van der Waals surface area (Å²) in [5.74, 6) is 0.752. The van der Waals surface area contributed by atoms with Crippen molar-refractivity contribution in [1.82, 2.24) is 9.88 Å². The lowest BCUT2D eigenvalue weighted by Gasteiger charge is -2.46. The van der Waals surface area contributed by atoms with Gasteiger partial charge < -0.3 is 14.5 Å². The molecule has 0 radical (unpaired) electrons. The zero-order valence-corrected chi connectivity index (χ0v) is 26.8. The molecule has 2 atom stereocenters. The predicted molar refractivity (Wildman–Crippen MR) is 172 cm³/mol. The van der Waals surface area contributed by atoms with Gasteiger partial charge in [-0.2, -0.15) is 5.26 Å². The third-order valence-corrected chi connectivity index (χ3v) is 12.0. The second kappa shape index (κ2) is 12.9. The van der Waals surface area contributed by atoms with Crippen LogP contribution >= 0.6 is 0 Å². The van der Waals surface area contributed by atoms with Crippen molar-refractivity contribution in [3.8, 4) is 6.07 Å². The number of nitriles is 1. The molecule has 2 unspecified atom stereocenters. The molecule has 2 aromatic carbocycles. The van der Waals surface area contributed by atoms with Crippen LogP contribution in [0.4, 0.5) is 5.69 Å². The minimum absolute atomic E-state index is 0.218. The van der Waals surface area contributed by atoms with Gasteiger partial charge in [0.1, 0.15) is 11.0 Å². The standard InChI is InChI=1S/C36H42N4O4S/c1-2-34(41)44-36(18-6-17-35(36,27-37)30-7-4-3-5-8-30)23-28-15-21-39(22-16-28)24-29-25-40(26-29)31-9-11-32(12-10-31)45(42,43)33-13-19-38-20-14-33/h3-5,7-14,19-20,28-29H,2,6,15-18,21-26H2,1H3. The number of likely N-dealkylation sites (tertiary alicyclic amines) is 1. The molecule has 9 heteroatoms. The molecule has 0 bridgehead atoms. The number of hydrogen-bond donors (Lipinski definition) is 0. The fourth-order valence-electron chi connectivity index (χ4n) is 7.77. The third kappa shape index (κ3) is 6.10. The SMILES string of the molecule is CCC(=O)OC1(CC2CCN(CC3CN(c4ccc(S(=O)(=O)c5ccncc5)cc4)C3)CC2)CCCC1(C#N)c1ccccc1. The summed E-state index contributed by atoms with van der Waals surface area (Å²) in [6, 6.07) is 22.8. The van der Waals surface area contributed by atoms with Gasteiger partial charge in [-0.05, 0) is 99.5 Å². The molecular weight excluding hydrogens is 584 g/mol. The lowest BCUT2D eigenvalue weighted by Crippen LogP contribution is -2.54. The van der Waals surface area contributed by atoms with Gasteiger partial charge in [0.05, 0.1) is 15.9 Å². The number of nitrogens with zero attached hydrogens (tertiary/aromatic N) is 4. The molecular formula is C36H42N4O4S. The van der Waals surface area contributed by atoms with Gasteiger partial charge in [0.15, 0.2) is 0 Å². The quantitative estimate of drug-likeness (QED) is 0.261. The number of aromatic nitrogens is 1. The number of sulfone groups is 1. The van der Waals surface area contributed by atoms with Gasteiger partial charge in [-0.1, -0.05) is 37.3 Å². The molecule has 3 aromatic rings. The molecule has 236 valence electrons. The molecule has 45 heavy (non-hydrogen) atoms. The fourth-order valence-corrected chi connectivity index (χ4v) is 9.02. The van der Waals surface area contributed by atoms with E-state index in [-0.39, 0.29) is 15.8 Å². The van der Waals surface area contributed by atoms with Crippen molar-refractivity contribution in [2.24, 2.45) is 11.8 Å². The number of hydrogen-bond acceptors (Lipinski definition) is 8. The molecule has 2 aliphatic heterocycles. The van der Waals surface area contributed by atoms with E-state index < -0.39 is 20.9 Å². The van der Waals surface area contributed by atoms with Gasteiger partial charge in [-0.15, -0.1) is 0 Å². The Morgan fingerprint density at radius 2 is 1.62 bits per heavy atom. The van der Waals surface area contributed by atoms with Crippen molar-refractivity contribution in [3.63, 3.8) is 0 Å². The molecule has 1 saturated carbocycles. The van der Waals surface area contributed by atoms with Crippen LogP contribution < -0.4 is 4.90 Å². The highest BCUT2D eigenvalue weighted by Crippen LogP contribution is 2.54. The van der Waals surface area contributed by atoms with Crippen LogP contribution in [-0.2, 0) is 24.8 Å².